The number of carbonyl (C=O) groups is 1. The van der Waals surface area contributed by atoms with Gasteiger partial charge in [-0.25, -0.2) is 4.39 Å². The summed E-state index contributed by atoms with van der Waals surface area (Å²) in [5, 5.41) is 0.459. The maximum atomic E-state index is 13.7. The molecular weight excluding hydrogens is 228 g/mol. The van der Waals surface area contributed by atoms with E-state index < -0.39 is 11.6 Å². The van der Waals surface area contributed by atoms with Crippen LogP contribution in [0.1, 0.15) is 12.5 Å². The third kappa shape index (κ3) is 1.99. The van der Waals surface area contributed by atoms with E-state index in [2.05, 4.69) is 0 Å². The average Bonchev–Trinajstić information content (AvgIpc) is 2.02. The minimum Gasteiger partial charge on any atom is -0.367 e. The van der Waals surface area contributed by atoms with Gasteiger partial charge in [0, 0.05) is 15.6 Å². The second-order valence-corrected chi connectivity index (χ2v) is 3.84. The summed E-state index contributed by atoms with van der Waals surface area (Å²) in [7, 11) is 0. The standard InChI is InChI=1S/C9H8Cl2FNO/c1-9(12,8(13)14)6-3-2-5(10)4-7(6)11/h2-4H,1H3,(H2,13,14). The molecule has 0 radical (unpaired) electrons. The molecule has 2 nitrogen and oxygen atoms in total. The first-order valence-electron chi connectivity index (χ1n) is 3.80. The number of amides is 1. The number of carbonyl (C=O) groups excluding carboxylic acids is 1. The van der Waals surface area contributed by atoms with Gasteiger partial charge in [0.1, 0.15) is 0 Å². The van der Waals surface area contributed by atoms with Gasteiger partial charge in [-0.3, -0.25) is 4.79 Å². The molecule has 1 aromatic carbocycles. The normalized spacial score (nSPS) is 14.9. The number of primary amides is 1. The lowest BCUT2D eigenvalue weighted by Gasteiger charge is -2.17. The zero-order valence-corrected chi connectivity index (χ0v) is 8.86. The minimum atomic E-state index is -2.28. The number of alkyl halides is 1. The van der Waals surface area contributed by atoms with Crippen LogP contribution in [0.5, 0.6) is 0 Å². The van der Waals surface area contributed by atoms with Gasteiger partial charge in [0.15, 0.2) is 0 Å². The Bertz CT molecular complexity index is 379. The number of rotatable bonds is 2. The molecule has 1 aromatic rings. The van der Waals surface area contributed by atoms with Crippen LogP contribution in [0.15, 0.2) is 18.2 Å². The van der Waals surface area contributed by atoms with Gasteiger partial charge in [-0.05, 0) is 19.1 Å². The number of hydrogen-bond donors (Lipinski definition) is 1. The summed E-state index contributed by atoms with van der Waals surface area (Å²) in [6, 6.07) is 4.15. The Labute approximate surface area is 90.8 Å². The summed E-state index contributed by atoms with van der Waals surface area (Å²) in [6.07, 6.45) is 0. The lowest BCUT2D eigenvalue weighted by molar-refractivity contribution is -0.128. The predicted octanol–water partition coefficient (Wildman–Crippen LogP) is 2.66. The maximum Gasteiger partial charge on any atom is 0.259 e. The number of nitrogens with two attached hydrogens (primary N) is 1. The van der Waals surface area contributed by atoms with Crippen LogP contribution in [0.25, 0.3) is 0 Å². The highest BCUT2D eigenvalue weighted by Gasteiger charge is 2.34. The van der Waals surface area contributed by atoms with Crippen LogP contribution in [-0.4, -0.2) is 5.91 Å². The molecule has 0 aliphatic carbocycles. The first kappa shape index (κ1) is 11.3. The molecule has 0 aliphatic rings. The third-order valence-electron chi connectivity index (χ3n) is 1.90. The third-order valence-corrected chi connectivity index (χ3v) is 2.45. The molecule has 14 heavy (non-hydrogen) atoms. The average molecular weight is 236 g/mol. The lowest BCUT2D eigenvalue weighted by atomic mass is 9.97. The molecule has 1 unspecified atom stereocenters. The van der Waals surface area contributed by atoms with E-state index >= 15 is 0 Å². The summed E-state index contributed by atoms with van der Waals surface area (Å²) >= 11 is 11.3. The Kier molecular flexibility index (Phi) is 3.02. The topological polar surface area (TPSA) is 43.1 Å². The van der Waals surface area contributed by atoms with Crippen LogP contribution in [-0.2, 0) is 10.5 Å². The van der Waals surface area contributed by atoms with Gasteiger partial charge in [0.2, 0.25) is 5.67 Å². The molecule has 0 spiro atoms. The van der Waals surface area contributed by atoms with Crippen LogP contribution < -0.4 is 5.73 Å². The number of halogens is 3. The largest absolute Gasteiger partial charge is 0.367 e. The maximum absolute atomic E-state index is 13.7. The van der Waals surface area contributed by atoms with Crippen molar-refractivity contribution in [2.75, 3.05) is 0 Å². The molecule has 0 heterocycles. The minimum absolute atomic E-state index is 0.0241. The van der Waals surface area contributed by atoms with E-state index in [9.17, 15) is 9.18 Å². The van der Waals surface area contributed by atoms with Crippen molar-refractivity contribution in [3.05, 3.63) is 33.8 Å². The molecule has 0 aliphatic heterocycles. The molecule has 2 N–H and O–H groups in total. The molecule has 0 fully saturated rings. The van der Waals surface area contributed by atoms with Gasteiger partial charge in [-0.1, -0.05) is 29.3 Å². The molecule has 1 rings (SSSR count). The Morgan fingerprint density at radius 3 is 2.50 bits per heavy atom. The number of hydrogen-bond acceptors (Lipinski definition) is 1. The summed E-state index contributed by atoms with van der Waals surface area (Å²) in [6.45, 7) is 1.06. The summed E-state index contributed by atoms with van der Waals surface area (Å²) in [5.41, 5.74) is 2.65. The van der Waals surface area contributed by atoms with E-state index in [4.69, 9.17) is 28.9 Å². The fourth-order valence-corrected chi connectivity index (χ4v) is 1.59. The van der Waals surface area contributed by atoms with Gasteiger partial charge in [0.25, 0.3) is 5.91 Å². The second kappa shape index (κ2) is 3.75. The van der Waals surface area contributed by atoms with Gasteiger partial charge in [0.05, 0.1) is 0 Å². The summed E-state index contributed by atoms with van der Waals surface area (Å²) in [4.78, 5) is 10.8. The van der Waals surface area contributed by atoms with Crippen molar-refractivity contribution in [3.63, 3.8) is 0 Å². The highest BCUT2D eigenvalue weighted by molar-refractivity contribution is 6.35. The molecule has 1 atom stereocenters. The summed E-state index contributed by atoms with van der Waals surface area (Å²) < 4.78 is 13.7. The van der Waals surface area contributed by atoms with Crippen LogP contribution in [0.4, 0.5) is 4.39 Å². The Balaban J connectivity index is 3.26. The molecule has 5 heteroatoms. The molecule has 0 bridgehead atoms. The monoisotopic (exact) mass is 235 g/mol. The molecular formula is C9H8Cl2FNO. The van der Waals surface area contributed by atoms with Crippen molar-refractivity contribution < 1.29 is 9.18 Å². The van der Waals surface area contributed by atoms with Crippen molar-refractivity contribution in [3.8, 4) is 0 Å². The van der Waals surface area contributed by atoms with Crippen LogP contribution in [0.2, 0.25) is 10.0 Å². The van der Waals surface area contributed by atoms with E-state index in [-0.39, 0.29) is 10.6 Å². The van der Waals surface area contributed by atoms with Crippen LogP contribution in [0, 0.1) is 0 Å². The Morgan fingerprint density at radius 1 is 1.50 bits per heavy atom. The fraction of sp³-hybridized carbons (Fsp3) is 0.222. The van der Waals surface area contributed by atoms with Crippen molar-refractivity contribution in [2.24, 2.45) is 5.73 Å². The van der Waals surface area contributed by atoms with Gasteiger partial charge in [-0.15, -0.1) is 0 Å². The van der Waals surface area contributed by atoms with Crippen LogP contribution in [0.3, 0.4) is 0 Å². The van der Waals surface area contributed by atoms with Crippen molar-refractivity contribution >= 4 is 29.1 Å². The first-order valence-corrected chi connectivity index (χ1v) is 4.55. The highest BCUT2D eigenvalue weighted by atomic mass is 35.5. The smallest absolute Gasteiger partial charge is 0.259 e. The Hall–Kier alpha value is -0.800. The molecule has 0 saturated heterocycles. The first-order chi connectivity index (χ1) is 6.35. The van der Waals surface area contributed by atoms with E-state index in [1.807, 2.05) is 0 Å². The van der Waals surface area contributed by atoms with E-state index in [1.165, 1.54) is 18.2 Å². The zero-order chi connectivity index (χ0) is 10.9. The highest BCUT2D eigenvalue weighted by Crippen LogP contribution is 2.32. The van der Waals surface area contributed by atoms with Crippen molar-refractivity contribution in [1.29, 1.82) is 0 Å². The van der Waals surface area contributed by atoms with Crippen molar-refractivity contribution in [1.82, 2.24) is 0 Å². The van der Waals surface area contributed by atoms with E-state index in [1.54, 1.807) is 0 Å². The quantitative estimate of drug-likeness (QED) is 0.842. The lowest BCUT2D eigenvalue weighted by Crippen LogP contribution is -2.34. The van der Waals surface area contributed by atoms with Crippen LogP contribution >= 0.6 is 23.2 Å². The van der Waals surface area contributed by atoms with E-state index in [0.29, 0.717) is 5.02 Å². The number of benzene rings is 1. The Morgan fingerprint density at radius 2 is 2.07 bits per heavy atom. The fourth-order valence-electron chi connectivity index (χ4n) is 1.00. The van der Waals surface area contributed by atoms with Gasteiger partial charge in [-0.2, -0.15) is 0 Å². The zero-order valence-electron chi connectivity index (χ0n) is 7.35. The molecule has 0 aromatic heterocycles. The molecule has 1 amide bonds. The van der Waals surface area contributed by atoms with Gasteiger partial charge >= 0.3 is 0 Å². The molecule has 76 valence electrons. The SMILES string of the molecule is CC(F)(C(N)=O)c1ccc(Cl)cc1Cl. The predicted molar refractivity (Wildman–Crippen MR) is 54.1 cm³/mol. The van der Waals surface area contributed by atoms with Gasteiger partial charge < -0.3 is 5.73 Å². The summed E-state index contributed by atoms with van der Waals surface area (Å²) in [5.74, 6) is -1.08. The van der Waals surface area contributed by atoms with Crippen molar-refractivity contribution in [2.45, 2.75) is 12.6 Å². The molecule has 0 saturated carbocycles. The second-order valence-electron chi connectivity index (χ2n) is 2.99. The van der Waals surface area contributed by atoms with E-state index in [0.717, 1.165) is 6.92 Å².